The molecule has 2 fully saturated rings. The molecule has 0 bridgehead atoms. The van der Waals surface area contributed by atoms with E-state index in [1.54, 1.807) is 32.4 Å². The summed E-state index contributed by atoms with van der Waals surface area (Å²) in [5, 5.41) is 3.07. The molecule has 0 radical (unpaired) electrons. The number of nitrogens with zero attached hydrogens (tertiary/aromatic N) is 1. The highest BCUT2D eigenvalue weighted by Gasteiger charge is 2.39. The lowest BCUT2D eigenvalue weighted by molar-refractivity contribution is -0.126. The number of benzene rings is 1. The molecule has 1 saturated heterocycles. The Balaban J connectivity index is 1.90. The SMILES string of the molecule is COc1ccc(C(=O)N2CCCCCCNC(=O)[C@@H]3CCC[C@@H]32)c(OC)c1. The second kappa shape index (κ2) is 9.11. The van der Waals surface area contributed by atoms with Crippen LogP contribution in [-0.4, -0.2) is 50.1 Å². The van der Waals surface area contributed by atoms with E-state index >= 15 is 0 Å². The molecule has 6 heteroatoms. The lowest BCUT2D eigenvalue weighted by Gasteiger charge is -2.33. The molecule has 1 aliphatic carbocycles. The van der Waals surface area contributed by atoms with E-state index in [1.165, 1.54) is 0 Å². The van der Waals surface area contributed by atoms with Gasteiger partial charge in [0.15, 0.2) is 0 Å². The topological polar surface area (TPSA) is 67.9 Å². The zero-order valence-corrected chi connectivity index (χ0v) is 16.3. The summed E-state index contributed by atoms with van der Waals surface area (Å²) >= 11 is 0. The number of hydrogen-bond donors (Lipinski definition) is 1. The molecule has 3 rings (SSSR count). The van der Waals surface area contributed by atoms with Crippen molar-refractivity contribution in [1.82, 2.24) is 10.2 Å². The molecule has 0 spiro atoms. The number of carbonyl (C=O) groups excluding carboxylic acids is 2. The highest BCUT2D eigenvalue weighted by Crippen LogP contribution is 2.34. The van der Waals surface area contributed by atoms with Crippen LogP contribution in [0.1, 0.15) is 55.3 Å². The summed E-state index contributed by atoms with van der Waals surface area (Å²) < 4.78 is 10.7. The van der Waals surface area contributed by atoms with Crippen LogP contribution >= 0.6 is 0 Å². The van der Waals surface area contributed by atoms with Crippen molar-refractivity contribution in [3.8, 4) is 11.5 Å². The van der Waals surface area contributed by atoms with Crippen LogP contribution < -0.4 is 14.8 Å². The maximum Gasteiger partial charge on any atom is 0.257 e. The van der Waals surface area contributed by atoms with Crippen molar-refractivity contribution in [1.29, 1.82) is 0 Å². The number of hydrogen-bond acceptors (Lipinski definition) is 4. The van der Waals surface area contributed by atoms with Gasteiger partial charge < -0.3 is 19.7 Å². The second-order valence-corrected chi connectivity index (χ2v) is 7.37. The monoisotopic (exact) mass is 374 g/mol. The Morgan fingerprint density at radius 2 is 1.89 bits per heavy atom. The van der Waals surface area contributed by atoms with Gasteiger partial charge in [0, 0.05) is 25.2 Å². The van der Waals surface area contributed by atoms with E-state index in [-0.39, 0.29) is 23.8 Å². The van der Waals surface area contributed by atoms with Crippen LogP contribution in [0.5, 0.6) is 11.5 Å². The smallest absolute Gasteiger partial charge is 0.257 e. The molecule has 1 aromatic carbocycles. The largest absolute Gasteiger partial charge is 0.497 e. The Bertz CT molecular complexity index is 676. The van der Waals surface area contributed by atoms with Crippen molar-refractivity contribution in [2.45, 2.75) is 51.0 Å². The number of carbonyl (C=O) groups is 2. The summed E-state index contributed by atoms with van der Waals surface area (Å²) in [6.07, 6.45) is 6.81. The third kappa shape index (κ3) is 4.37. The highest BCUT2D eigenvalue weighted by atomic mass is 16.5. The minimum absolute atomic E-state index is 0.0394. The Morgan fingerprint density at radius 3 is 2.67 bits per heavy atom. The predicted octanol–water partition coefficient (Wildman–Crippen LogP) is 3.00. The number of ether oxygens (including phenoxy) is 2. The molecule has 1 saturated carbocycles. The zero-order valence-electron chi connectivity index (χ0n) is 16.3. The highest BCUT2D eigenvalue weighted by molar-refractivity contribution is 5.97. The van der Waals surface area contributed by atoms with Gasteiger partial charge in [-0.1, -0.05) is 19.3 Å². The van der Waals surface area contributed by atoms with Crippen LogP contribution in [0.15, 0.2) is 18.2 Å². The van der Waals surface area contributed by atoms with Crippen molar-refractivity contribution in [2.75, 3.05) is 27.3 Å². The first-order chi connectivity index (χ1) is 13.2. The maximum absolute atomic E-state index is 13.5. The van der Waals surface area contributed by atoms with E-state index in [0.717, 1.165) is 51.5 Å². The molecule has 2 aliphatic rings. The Morgan fingerprint density at radius 1 is 1.07 bits per heavy atom. The average Bonchev–Trinajstić information content (AvgIpc) is 3.17. The standard InChI is InChI=1S/C21H30N2O4/c1-26-15-10-11-17(19(14-15)27-2)21(25)23-13-6-4-3-5-12-22-20(24)16-8-7-9-18(16)23/h10-11,14,16,18H,3-9,12-13H2,1-2H3,(H,22,24)/t16-,18+/m1/s1. The van der Waals surface area contributed by atoms with Gasteiger partial charge >= 0.3 is 0 Å². The minimum Gasteiger partial charge on any atom is -0.497 e. The Labute approximate surface area is 161 Å². The van der Waals surface area contributed by atoms with Crippen LogP contribution in [0, 0.1) is 5.92 Å². The first-order valence-corrected chi connectivity index (χ1v) is 9.96. The first-order valence-electron chi connectivity index (χ1n) is 9.96. The molecule has 1 aromatic rings. The lowest BCUT2D eigenvalue weighted by Crippen LogP contribution is -2.47. The van der Waals surface area contributed by atoms with Crippen molar-refractivity contribution < 1.29 is 19.1 Å². The zero-order chi connectivity index (χ0) is 19.2. The number of fused-ring (bicyclic) bond motifs is 1. The van der Waals surface area contributed by atoms with E-state index in [4.69, 9.17) is 9.47 Å². The van der Waals surface area contributed by atoms with Gasteiger partial charge in [0.2, 0.25) is 5.91 Å². The van der Waals surface area contributed by atoms with Gasteiger partial charge in [0.25, 0.3) is 5.91 Å². The van der Waals surface area contributed by atoms with E-state index in [1.807, 2.05) is 4.90 Å². The van der Waals surface area contributed by atoms with Crippen LogP contribution in [0.25, 0.3) is 0 Å². The summed E-state index contributed by atoms with van der Waals surface area (Å²) in [4.78, 5) is 28.0. The average molecular weight is 374 g/mol. The fourth-order valence-electron chi connectivity index (χ4n) is 4.27. The molecule has 1 aliphatic heterocycles. The third-order valence-electron chi connectivity index (χ3n) is 5.74. The maximum atomic E-state index is 13.5. The number of rotatable bonds is 3. The van der Waals surface area contributed by atoms with E-state index in [0.29, 0.717) is 23.6 Å². The number of nitrogens with one attached hydrogen (secondary N) is 1. The van der Waals surface area contributed by atoms with Gasteiger partial charge in [-0.05, 0) is 37.8 Å². The van der Waals surface area contributed by atoms with Gasteiger partial charge in [-0.15, -0.1) is 0 Å². The molecule has 148 valence electrons. The van der Waals surface area contributed by atoms with Gasteiger partial charge in [0.05, 0.1) is 25.7 Å². The fraction of sp³-hybridized carbons (Fsp3) is 0.619. The molecule has 1 N–H and O–H groups in total. The van der Waals surface area contributed by atoms with Crippen LogP contribution in [-0.2, 0) is 4.79 Å². The molecule has 2 amide bonds. The van der Waals surface area contributed by atoms with Gasteiger partial charge in [-0.2, -0.15) is 0 Å². The number of methoxy groups -OCH3 is 2. The van der Waals surface area contributed by atoms with Crippen molar-refractivity contribution >= 4 is 11.8 Å². The fourth-order valence-corrected chi connectivity index (χ4v) is 4.27. The van der Waals surface area contributed by atoms with Crippen LogP contribution in [0.3, 0.4) is 0 Å². The van der Waals surface area contributed by atoms with Gasteiger partial charge in [-0.3, -0.25) is 9.59 Å². The van der Waals surface area contributed by atoms with E-state index in [2.05, 4.69) is 5.32 Å². The van der Waals surface area contributed by atoms with Gasteiger partial charge in [-0.25, -0.2) is 0 Å². The predicted molar refractivity (Wildman–Crippen MR) is 103 cm³/mol. The van der Waals surface area contributed by atoms with Crippen LogP contribution in [0.4, 0.5) is 0 Å². The molecule has 1 heterocycles. The molecule has 27 heavy (non-hydrogen) atoms. The summed E-state index contributed by atoms with van der Waals surface area (Å²) in [7, 11) is 3.15. The summed E-state index contributed by atoms with van der Waals surface area (Å²) in [6.45, 7) is 1.42. The summed E-state index contributed by atoms with van der Waals surface area (Å²) in [6, 6.07) is 5.23. The normalized spacial score (nSPS) is 23.8. The molecule has 6 nitrogen and oxygen atoms in total. The third-order valence-corrected chi connectivity index (χ3v) is 5.74. The molecular formula is C21H30N2O4. The van der Waals surface area contributed by atoms with Crippen molar-refractivity contribution in [3.05, 3.63) is 23.8 Å². The van der Waals surface area contributed by atoms with E-state index in [9.17, 15) is 9.59 Å². The first kappa shape index (κ1) is 19.5. The second-order valence-electron chi connectivity index (χ2n) is 7.37. The van der Waals surface area contributed by atoms with Gasteiger partial charge in [0.1, 0.15) is 11.5 Å². The molecule has 0 unspecified atom stereocenters. The quantitative estimate of drug-likeness (QED) is 0.883. The minimum atomic E-state index is -0.115. The molecular weight excluding hydrogens is 344 g/mol. The molecule has 0 aromatic heterocycles. The Kier molecular flexibility index (Phi) is 6.58. The lowest BCUT2D eigenvalue weighted by atomic mass is 9.99. The Hall–Kier alpha value is -2.24. The van der Waals surface area contributed by atoms with Crippen molar-refractivity contribution in [3.63, 3.8) is 0 Å². The summed E-state index contributed by atoms with van der Waals surface area (Å²) in [5.41, 5.74) is 0.527. The van der Waals surface area contributed by atoms with E-state index < -0.39 is 0 Å². The molecule has 2 atom stereocenters. The van der Waals surface area contributed by atoms with Crippen LogP contribution in [0.2, 0.25) is 0 Å². The van der Waals surface area contributed by atoms with Crippen molar-refractivity contribution in [2.24, 2.45) is 5.92 Å². The summed E-state index contributed by atoms with van der Waals surface area (Å²) in [5.74, 6) is 1.08. The number of amides is 2.